The van der Waals surface area contributed by atoms with Crippen molar-refractivity contribution >= 4 is 0 Å². The molecule has 1 heterocycles. The minimum Gasteiger partial charge on any atom is -0.312 e. The van der Waals surface area contributed by atoms with Crippen molar-refractivity contribution in [3.63, 3.8) is 0 Å². The van der Waals surface area contributed by atoms with Crippen LogP contribution in [0, 0.1) is 5.92 Å². The van der Waals surface area contributed by atoms with Crippen LogP contribution in [0.3, 0.4) is 0 Å². The summed E-state index contributed by atoms with van der Waals surface area (Å²) in [6.07, 6.45) is 5.46. The maximum absolute atomic E-state index is 3.59. The average Bonchev–Trinajstić information content (AvgIpc) is 2.33. The largest absolute Gasteiger partial charge is 0.312 e. The zero-order valence-electron chi connectivity index (χ0n) is 8.11. The van der Waals surface area contributed by atoms with Crippen molar-refractivity contribution in [3.05, 3.63) is 0 Å². The number of rotatable bonds is 3. The van der Waals surface area contributed by atoms with Gasteiger partial charge in [0, 0.05) is 5.54 Å². The number of hydrogen-bond donors (Lipinski definition) is 1. The van der Waals surface area contributed by atoms with Gasteiger partial charge in [0.05, 0.1) is 0 Å². The number of nitrogens with one attached hydrogen (secondary N) is 1. The minimum atomic E-state index is 0.476. The van der Waals surface area contributed by atoms with Crippen molar-refractivity contribution in [1.29, 1.82) is 0 Å². The van der Waals surface area contributed by atoms with E-state index in [4.69, 9.17) is 0 Å². The normalized spacial score (nSPS) is 31.6. The summed E-state index contributed by atoms with van der Waals surface area (Å²) in [5.41, 5.74) is 0.476. The molecule has 1 aliphatic rings. The van der Waals surface area contributed by atoms with Crippen molar-refractivity contribution < 1.29 is 0 Å². The third-order valence-corrected chi connectivity index (χ3v) is 2.73. The first-order valence-electron chi connectivity index (χ1n) is 4.87. The standard InChI is InChI=1S/C10H21N/c1-9(2)5-7-10(3)6-4-8-11-10/h9,11H,4-8H2,1-3H3. The molecule has 1 atom stereocenters. The maximum atomic E-state index is 3.59. The van der Waals surface area contributed by atoms with Gasteiger partial charge in [0.1, 0.15) is 0 Å². The molecular formula is C10H21N. The molecule has 1 aliphatic heterocycles. The van der Waals surface area contributed by atoms with Crippen LogP contribution in [0.1, 0.15) is 46.5 Å². The molecule has 1 N–H and O–H groups in total. The Bertz CT molecular complexity index is 112. The van der Waals surface area contributed by atoms with Crippen LogP contribution in [0.5, 0.6) is 0 Å². The molecule has 1 heteroatoms. The first-order valence-corrected chi connectivity index (χ1v) is 4.87. The molecule has 0 aromatic carbocycles. The second kappa shape index (κ2) is 3.57. The number of hydrogen-bond acceptors (Lipinski definition) is 1. The van der Waals surface area contributed by atoms with Gasteiger partial charge in [0.15, 0.2) is 0 Å². The summed E-state index contributed by atoms with van der Waals surface area (Å²) in [7, 11) is 0. The molecule has 11 heavy (non-hydrogen) atoms. The molecule has 0 aromatic heterocycles. The Hall–Kier alpha value is -0.0400. The second-order valence-electron chi connectivity index (χ2n) is 4.52. The van der Waals surface area contributed by atoms with Crippen molar-refractivity contribution in [1.82, 2.24) is 5.32 Å². The highest BCUT2D eigenvalue weighted by molar-refractivity contribution is 4.88. The molecule has 1 fully saturated rings. The van der Waals surface area contributed by atoms with Crippen molar-refractivity contribution in [2.45, 2.75) is 52.0 Å². The summed E-state index contributed by atoms with van der Waals surface area (Å²) >= 11 is 0. The molecule has 0 aromatic rings. The van der Waals surface area contributed by atoms with E-state index in [2.05, 4.69) is 26.1 Å². The van der Waals surface area contributed by atoms with Crippen LogP contribution in [0.2, 0.25) is 0 Å². The van der Waals surface area contributed by atoms with Crippen LogP contribution in [-0.4, -0.2) is 12.1 Å². The summed E-state index contributed by atoms with van der Waals surface area (Å²) in [6, 6.07) is 0. The van der Waals surface area contributed by atoms with Gasteiger partial charge in [-0.15, -0.1) is 0 Å². The van der Waals surface area contributed by atoms with Crippen LogP contribution < -0.4 is 5.32 Å². The molecule has 0 saturated carbocycles. The van der Waals surface area contributed by atoms with Gasteiger partial charge >= 0.3 is 0 Å². The SMILES string of the molecule is CC(C)CCC1(C)CCCN1. The second-order valence-corrected chi connectivity index (χ2v) is 4.52. The molecule has 1 nitrogen and oxygen atoms in total. The zero-order chi connectivity index (χ0) is 8.32. The Morgan fingerprint density at radius 3 is 2.64 bits per heavy atom. The fourth-order valence-electron chi connectivity index (χ4n) is 1.78. The highest BCUT2D eigenvalue weighted by atomic mass is 15.0. The maximum Gasteiger partial charge on any atom is 0.0153 e. The lowest BCUT2D eigenvalue weighted by Crippen LogP contribution is -2.36. The Kier molecular flexibility index (Phi) is 2.94. The first-order chi connectivity index (χ1) is 5.12. The third kappa shape index (κ3) is 2.82. The Labute approximate surface area is 70.6 Å². The van der Waals surface area contributed by atoms with E-state index < -0.39 is 0 Å². The molecular weight excluding hydrogens is 134 g/mol. The van der Waals surface area contributed by atoms with Crippen molar-refractivity contribution in [3.8, 4) is 0 Å². The van der Waals surface area contributed by atoms with Gasteiger partial charge in [0.25, 0.3) is 0 Å². The third-order valence-electron chi connectivity index (χ3n) is 2.73. The topological polar surface area (TPSA) is 12.0 Å². The van der Waals surface area contributed by atoms with Gasteiger partial charge in [-0.25, -0.2) is 0 Å². The van der Waals surface area contributed by atoms with E-state index in [-0.39, 0.29) is 0 Å². The Morgan fingerprint density at radius 2 is 2.18 bits per heavy atom. The molecule has 1 rings (SSSR count). The van der Waals surface area contributed by atoms with E-state index in [9.17, 15) is 0 Å². The smallest absolute Gasteiger partial charge is 0.0153 e. The van der Waals surface area contributed by atoms with Gasteiger partial charge in [-0.05, 0) is 45.1 Å². The molecule has 1 saturated heterocycles. The quantitative estimate of drug-likeness (QED) is 0.660. The predicted molar refractivity (Wildman–Crippen MR) is 49.7 cm³/mol. The highest BCUT2D eigenvalue weighted by Crippen LogP contribution is 2.25. The zero-order valence-corrected chi connectivity index (χ0v) is 8.11. The van der Waals surface area contributed by atoms with E-state index in [1.807, 2.05) is 0 Å². The molecule has 0 amide bonds. The van der Waals surface area contributed by atoms with Crippen LogP contribution in [0.15, 0.2) is 0 Å². The lowest BCUT2D eigenvalue weighted by atomic mass is 9.91. The Morgan fingerprint density at radius 1 is 1.45 bits per heavy atom. The van der Waals surface area contributed by atoms with Gasteiger partial charge in [0.2, 0.25) is 0 Å². The molecule has 0 bridgehead atoms. The van der Waals surface area contributed by atoms with Crippen LogP contribution in [0.4, 0.5) is 0 Å². The first kappa shape index (κ1) is 9.05. The minimum absolute atomic E-state index is 0.476. The van der Waals surface area contributed by atoms with Gasteiger partial charge in [-0.2, -0.15) is 0 Å². The van der Waals surface area contributed by atoms with Gasteiger partial charge in [-0.3, -0.25) is 0 Å². The predicted octanol–water partition coefficient (Wildman–Crippen LogP) is 2.56. The fourth-order valence-corrected chi connectivity index (χ4v) is 1.78. The summed E-state index contributed by atoms with van der Waals surface area (Å²) in [4.78, 5) is 0. The lowest BCUT2D eigenvalue weighted by Gasteiger charge is -2.25. The molecule has 0 radical (unpaired) electrons. The Balaban J connectivity index is 2.23. The summed E-state index contributed by atoms with van der Waals surface area (Å²) in [6.45, 7) is 8.20. The summed E-state index contributed by atoms with van der Waals surface area (Å²) < 4.78 is 0. The van der Waals surface area contributed by atoms with Crippen molar-refractivity contribution in [2.24, 2.45) is 5.92 Å². The van der Waals surface area contributed by atoms with E-state index in [1.54, 1.807) is 0 Å². The average molecular weight is 155 g/mol. The molecule has 1 unspecified atom stereocenters. The highest BCUT2D eigenvalue weighted by Gasteiger charge is 2.27. The fraction of sp³-hybridized carbons (Fsp3) is 1.00. The lowest BCUT2D eigenvalue weighted by molar-refractivity contribution is 0.348. The summed E-state index contributed by atoms with van der Waals surface area (Å²) in [5, 5.41) is 3.59. The molecule has 0 aliphatic carbocycles. The van der Waals surface area contributed by atoms with Gasteiger partial charge in [-0.1, -0.05) is 13.8 Å². The van der Waals surface area contributed by atoms with Crippen LogP contribution >= 0.6 is 0 Å². The summed E-state index contributed by atoms with van der Waals surface area (Å²) in [5.74, 6) is 0.856. The molecule has 0 spiro atoms. The monoisotopic (exact) mass is 155 g/mol. The molecule has 66 valence electrons. The van der Waals surface area contributed by atoms with Crippen LogP contribution in [-0.2, 0) is 0 Å². The van der Waals surface area contributed by atoms with Gasteiger partial charge < -0.3 is 5.32 Å². The van der Waals surface area contributed by atoms with E-state index in [1.165, 1.54) is 32.2 Å². The van der Waals surface area contributed by atoms with E-state index in [0.29, 0.717) is 5.54 Å². The van der Waals surface area contributed by atoms with E-state index in [0.717, 1.165) is 5.92 Å². The van der Waals surface area contributed by atoms with E-state index >= 15 is 0 Å². The van der Waals surface area contributed by atoms with Crippen molar-refractivity contribution in [2.75, 3.05) is 6.54 Å². The van der Waals surface area contributed by atoms with Crippen LogP contribution in [0.25, 0.3) is 0 Å².